The summed E-state index contributed by atoms with van der Waals surface area (Å²) in [5.41, 5.74) is 2.40. The molecule has 2 aromatic carbocycles. The number of benzene rings is 2. The standard InChI is InChI=1S/C15H10Cl2N3O2S/c16-12-5-4-9(6-13(12)17)14-8-23-15(19-14)18-10-2-1-3-11(7-10)20(21)22/h1-8,21H,(H,18,19)/q-1. The zero-order valence-electron chi connectivity index (χ0n) is 11.5. The monoisotopic (exact) mass is 366 g/mol. The fourth-order valence-electron chi connectivity index (χ4n) is 1.95. The highest BCUT2D eigenvalue weighted by atomic mass is 35.5. The average Bonchev–Trinajstić information content (AvgIpc) is 2.99. The molecule has 23 heavy (non-hydrogen) atoms. The van der Waals surface area contributed by atoms with Crippen molar-refractivity contribution in [2.75, 3.05) is 10.5 Å². The van der Waals surface area contributed by atoms with E-state index in [1.165, 1.54) is 23.5 Å². The minimum atomic E-state index is -0.186. The lowest BCUT2D eigenvalue weighted by atomic mass is 10.2. The first kappa shape index (κ1) is 16.0. The van der Waals surface area contributed by atoms with E-state index in [9.17, 15) is 5.21 Å². The Hall–Kier alpha value is -1.83. The van der Waals surface area contributed by atoms with Gasteiger partial charge in [0.15, 0.2) is 5.13 Å². The van der Waals surface area contributed by atoms with Crippen LogP contribution >= 0.6 is 34.5 Å². The minimum Gasteiger partial charge on any atom is -0.733 e. The second-order valence-electron chi connectivity index (χ2n) is 4.62. The van der Waals surface area contributed by atoms with E-state index in [1.54, 1.807) is 24.3 Å². The zero-order chi connectivity index (χ0) is 16.4. The molecular formula is C15H10Cl2N3O2S-. The number of anilines is 3. The molecule has 3 aromatic rings. The van der Waals surface area contributed by atoms with E-state index in [4.69, 9.17) is 28.4 Å². The molecule has 118 valence electrons. The molecule has 8 heteroatoms. The second kappa shape index (κ2) is 6.74. The number of rotatable bonds is 4. The summed E-state index contributed by atoms with van der Waals surface area (Å²) >= 11 is 13.3. The fraction of sp³-hybridized carbons (Fsp3) is 0. The molecule has 0 spiro atoms. The van der Waals surface area contributed by atoms with E-state index in [0.717, 1.165) is 11.3 Å². The predicted molar refractivity (Wildman–Crippen MR) is 94.9 cm³/mol. The number of hydrogen-bond donors (Lipinski definition) is 2. The van der Waals surface area contributed by atoms with Gasteiger partial charge in [-0.15, -0.1) is 11.3 Å². The Labute approximate surface area is 146 Å². The van der Waals surface area contributed by atoms with E-state index >= 15 is 0 Å². The maximum atomic E-state index is 10.9. The van der Waals surface area contributed by atoms with Gasteiger partial charge in [0.05, 0.1) is 21.4 Å². The van der Waals surface area contributed by atoms with Crippen LogP contribution in [0.4, 0.5) is 16.5 Å². The molecule has 0 aliphatic heterocycles. The third-order valence-electron chi connectivity index (χ3n) is 3.04. The lowest BCUT2D eigenvalue weighted by molar-refractivity contribution is 0.296. The lowest BCUT2D eigenvalue weighted by Crippen LogP contribution is -2.06. The molecule has 0 aliphatic carbocycles. The normalized spacial score (nSPS) is 10.6. The van der Waals surface area contributed by atoms with Crippen molar-refractivity contribution < 1.29 is 5.21 Å². The van der Waals surface area contributed by atoms with Crippen LogP contribution in [0.2, 0.25) is 10.0 Å². The van der Waals surface area contributed by atoms with Crippen LogP contribution in [-0.4, -0.2) is 10.2 Å². The van der Waals surface area contributed by atoms with Crippen LogP contribution < -0.4 is 10.5 Å². The quantitative estimate of drug-likeness (QED) is 0.591. The van der Waals surface area contributed by atoms with E-state index in [1.807, 2.05) is 11.4 Å². The van der Waals surface area contributed by atoms with Crippen molar-refractivity contribution in [1.82, 2.24) is 4.98 Å². The lowest BCUT2D eigenvalue weighted by Gasteiger charge is -2.21. The van der Waals surface area contributed by atoms with Crippen LogP contribution in [0.5, 0.6) is 0 Å². The molecule has 1 aromatic heterocycles. The summed E-state index contributed by atoms with van der Waals surface area (Å²) in [6.45, 7) is 0. The molecule has 1 heterocycles. The highest BCUT2D eigenvalue weighted by Crippen LogP contribution is 2.31. The van der Waals surface area contributed by atoms with Crippen LogP contribution in [0.1, 0.15) is 0 Å². The second-order valence-corrected chi connectivity index (χ2v) is 6.29. The molecule has 0 atom stereocenters. The Bertz CT molecular complexity index is 839. The highest BCUT2D eigenvalue weighted by Gasteiger charge is 2.07. The molecule has 0 unspecified atom stereocenters. The number of hydrogen-bond acceptors (Lipinski definition) is 6. The van der Waals surface area contributed by atoms with Gasteiger partial charge in [-0.3, -0.25) is 5.21 Å². The van der Waals surface area contributed by atoms with Gasteiger partial charge in [-0.2, -0.15) is 0 Å². The van der Waals surface area contributed by atoms with Gasteiger partial charge in [0, 0.05) is 16.6 Å². The van der Waals surface area contributed by atoms with Gasteiger partial charge in [-0.25, -0.2) is 4.98 Å². The number of nitrogens with zero attached hydrogens (tertiary/aromatic N) is 2. The van der Waals surface area contributed by atoms with Crippen molar-refractivity contribution in [3.63, 3.8) is 0 Å². The predicted octanol–water partition coefficient (Wildman–Crippen LogP) is 5.55. The van der Waals surface area contributed by atoms with Gasteiger partial charge in [-0.1, -0.05) is 35.3 Å². The third kappa shape index (κ3) is 3.74. The fourth-order valence-corrected chi connectivity index (χ4v) is 2.98. The van der Waals surface area contributed by atoms with Crippen molar-refractivity contribution in [3.8, 4) is 11.3 Å². The third-order valence-corrected chi connectivity index (χ3v) is 4.53. The van der Waals surface area contributed by atoms with E-state index < -0.39 is 0 Å². The van der Waals surface area contributed by atoms with Crippen molar-refractivity contribution in [1.29, 1.82) is 0 Å². The first-order valence-corrected chi connectivity index (χ1v) is 8.10. The van der Waals surface area contributed by atoms with E-state index in [-0.39, 0.29) is 10.9 Å². The smallest absolute Gasteiger partial charge is 0.187 e. The van der Waals surface area contributed by atoms with E-state index in [0.29, 0.717) is 20.9 Å². The summed E-state index contributed by atoms with van der Waals surface area (Å²) in [6.07, 6.45) is 0. The average molecular weight is 367 g/mol. The number of halogens is 2. The molecule has 0 amide bonds. The molecular weight excluding hydrogens is 357 g/mol. The first-order valence-electron chi connectivity index (χ1n) is 6.47. The molecule has 2 N–H and O–H groups in total. The molecule has 5 nitrogen and oxygen atoms in total. The van der Waals surface area contributed by atoms with Gasteiger partial charge < -0.3 is 15.8 Å². The number of aromatic nitrogens is 1. The number of thiazole rings is 1. The molecule has 0 saturated heterocycles. The van der Waals surface area contributed by atoms with Crippen LogP contribution in [0.3, 0.4) is 0 Å². The Morgan fingerprint density at radius 1 is 1.13 bits per heavy atom. The summed E-state index contributed by atoms with van der Waals surface area (Å²) in [4.78, 5) is 4.47. The van der Waals surface area contributed by atoms with Gasteiger partial charge >= 0.3 is 0 Å². The number of nitrogens with one attached hydrogen (secondary N) is 1. The molecule has 0 saturated carbocycles. The van der Waals surface area contributed by atoms with Gasteiger partial charge in [0.1, 0.15) is 0 Å². The zero-order valence-corrected chi connectivity index (χ0v) is 13.9. The van der Waals surface area contributed by atoms with Crippen molar-refractivity contribution in [2.45, 2.75) is 0 Å². The summed E-state index contributed by atoms with van der Waals surface area (Å²) < 4.78 is 0. The summed E-state index contributed by atoms with van der Waals surface area (Å²) in [5.74, 6) is 0. The summed E-state index contributed by atoms with van der Waals surface area (Å²) in [5, 5.41) is 26.2. The Morgan fingerprint density at radius 3 is 2.70 bits per heavy atom. The van der Waals surface area contributed by atoms with Crippen LogP contribution in [0, 0.1) is 5.21 Å². The van der Waals surface area contributed by atoms with Crippen LogP contribution in [0.15, 0.2) is 47.8 Å². The minimum absolute atomic E-state index is 0.135. The van der Waals surface area contributed by atoms with Gasteiger partial charge in [0.25, 0.3) is 0 Å². The molecule has 0 fully saturated rings. The molecule has 3 rings (SSSR count). The first-order chi connectivity index (χ1) is 11.0. The van der Waals surface area contributed by atoms with E-state index in [2.05, 4.69) is 10.3 Å². The largest absolute Gasteiger partial charge is 0.733 e. The molecule has 0 radical (unpaired) electrons. The van der Waals surface area contributed by atoms with Crippen molar-refractivity contribution in [2.24, 2.45) is 0 Å². The maximum absolute atomic E-state index is 10.9. The highest BCUT2D eigenvalue weighted by molar-refractivity contribution is 7.14. The summed E-state index contributed by atoms with van der Waals surface area (Å²) in [7, 11) is 0. The Kier molecular flexibility index (Phi) is 4.70. The van der Waals surface area contributed by atoms with Crippen LogP contribution in [0.25, 0.3) is 11.3 Å². The van der Waals surface area contributed by atoms with Crippen molar-refractivity contribution >= 4 is 51.0 Å². The van der Waals surface area contributed by atoms with Gasteiger partial charge in [-0.05, 0) is 30.3 Å². The molecule has 0 aliphatic rings. The van der Waals surface area contributed by atoms with Crippen LogP contribution in [-0.2, 0) is 0 Å². The topological polar surface area (TPSA) is 71.5 Å². The SMILES string of the molecule is [O-]N(O)c1cccc(Nc2nc(-c3ccc(Cl)c(Cl)c3)cs2)c1. The maximum Gasteiger partial charge on any atom is 0.187 e. The van der Waals surface area contributed by atoms with Crippen molar-refractivity contribution in [3.05, 3.63) is 63.1 Å². The Balaban J connectivity index is 1.82. The summed E-state index contributed by atoms with van der Waals surface area (Å²) in [6, 6.07) is 11.8. The Morgan fingerprint density at radius 2 is 1.96 bits per heavy atom. The van der Waals surface area contributed by atoms with Gasteiger partial charge in [0.2, 0.25) is 0 Å². The molecule has 0 bridgehead atoms.